The fourth-order valence-corrected chi connectivity index (χ4v) is 12.7. The van der Waals surface area contributed by atoms with E-state index in [9.17, 15) is 0 Å². The van der Waals surface area contributed by atoms with Gasteiger partial charge in [0.15, 0.2) is 0 Å². The van der Waals surface area contributed by atoms with E-state index in [1.54, 1.807) is 0 Å². The fourth-order valence-electron chi connectivity index (χ4n) is 12.7. The van der Waals surface area contributed by atoms with Crippen LogP contribution in [0.2, 0.25) is 0 Å². The Hall–Kier alpha value is -8.78. The van der Waals surface area contributed by atoms with Gasteiger partial charge in [0.05, 0.1) is 11.1 Å². The molecule has 14 rings (SSSR count). The molecule has 0 saturated heterocycles. The van der Waals surface area contributed by atoms with Gasteiger partial charge in [-0.3, -0.25) is 0 Å². The first-order chi connectivity index (χ1) is 35.7. The summed E-state index contributed by atoms with van der Waals surface area (Å²) in [5.41, 5.74) is 22.7. The largest absolute Gasteiger partial charge is 0.314 e. The molecule has 11 aromatic rings. The van der Waals surface area contributed by atoms with Gasteiger partial charge in [-0.25, -0.2) is 0 Å². The van der Waals surface area contributed by atoms with E-state index in [2.05, 4.69) is 272 Å². The topological polar surface area (TPSA) is 3.24 Å². The minimum Gasteiger partial charge on any atom is -0.314 e. The highest BCUT2D eigenvalue weighted by Crippen LogP contribution is 2.58. The highest BCUT2D eigenvalue weighted by Gasteiger charge is 2.46. The monoisotopic (exact) mass is 917 g/mol. The number of hydrogen-bond acceptors (Lipinski definition) is 1. The molecule has 1 unspecified atom stereocenters. The van der Waals surface area contributed by atoms with Crippen molar-refractivity contribution in [2.24, 2.45) is 0 Å². The number of para-hydroxylation sites is 1. The van der Waals surface area contributed by atoms with Crippen LogP contribution in [0.5, 0.6) is 0 Å². The average Bonchev–Trinajstić information content (AvgIpc) is 3.77. The van der Waals surface area contributed by atoms with Crippen LogP contribution in [0.1, 0.15) is 51.3 Å². The van der Waals surface area contributed by atoms with Crippen LogP contribution in [0.15, 0.2) is 273 Å². The minimum atomic E-state index is -0.459. The van der Waals surface area contributed by atoms with Gasteiger partial charge < -0.3 is 4.90 Å². The molecule has 1 atom stereocenters. The number of anilines is 2. The summed E-state index contributed by atoms with van der Waals surface area (Å²) in [6.07, 6.45) is 10.1. The third kappa shape index (κ3) is 6.76. The normalized spacial score (nSPS) is 15.1. The summed E-state index contributed by atoms with van der Waals surface area (Å²) in [5, 5.41) is 5.05. The molecule has 0 aromatic heterocycles. The fraction of sp³-hybridized carbons (Fsp3) is 0.0704. The average molecular weight is 918 g/mol. The zero-order chi connectivity index (χ0) is 47.6. The summed E-state index contributed by atoms with van der Waals surface area (Å²) < 4.78 is 0. The molecular weight excluding hydrogens is 867 g/mol. The van der Waals surface area contributed by atoms with Crippen molar-refractivity contribution in [2.75, 3.05) is 4.90 Å². The van der Waals surface area contributed by atoms with E-state index in [1.165, 1.54) is 111 Å². The highest BCUT2D eigenvalue weighted by molar-refractivity contribution is 6.09. The molecule has 72 heavy (non-hydrogen) atoms. The molecule has 11 aromatic carbocycles. The van der Waals surface area contributed by atoms with Gasteiger partial charge in [0.25, 0.3) is 0 Å². The number of benzene rings is 11. The summed E-state index contributed by atoms with van der Waals surface area (Å²) in [6, 6.07) is 93.1. The van der Waals surface area contributed by atoms with Crippen LogP contribution in [0.4, 0.5) is 11.4 Å². The highest BCUT2D eigenvalue weighted by atomic mass is 15.2. The van der Waals surface area contributed by atoms with Gasteiger partial charge in [-0.1, -0.05) is 237 Å². The third-order valence-electron chi connectivity index (χ3n) is 16.0. The van der Waals surface area contributed by atoms with Gasteiger partial charge in [0.1, 0.15) is 0 Å². The van der Waals surface area contributed by atoms with Crippen LogP contribution >= 0.6 is 0 Å². The van der Waals surface area contributed by atoms with Gasteiger partial charge in [0.2, 0.25) is 0 Å². The predicted molar refractivity (Wildman–Crippen MR) is 302 cm³/mol. The smallest absolute Gasteiger partial charge is 0.0713 e. The van der Waals surface area contributed by atoms with E-state index in [1.807, 2.05) is 0 Å². The first-order valence-electron chi connectivity index (χ1n) is 25.5. The van der Waals surface area contributed by atoms with Crippen molar-refractivity contribution in [3.63, 3.8) is 0 Å². The van der Waals surface area contributed by atoms with Crippen molar-refractivity contribution < 1.29 is 0 Å². The number of aryl methyl sites for hydroxylation is 2. The summed E-state index contributed by atoms with van der Waals surface area (Å²) in [4.78, 5) is 2.54. The lowest BCUT2D eigenvalue weighted by atomic mass is 9.67. The molecule has 0 fully saturated rings. The van der Waals surface area contributed by atoms with Crippen molar-refractivity contribution in [3.05, 3.63) is 312 Å². The van der Waals surface area contributed by atoms with Crippen LogP contribution in [-0.2, 0) is 18.3 Å². The molecule has 0 amide bonds. The van der Waals surface area contributed by atoms with Crippen LogP contribution in [0.3, 0.4) is 0 Å². The molecule has 0 saturated carbocycles. The first kappa shape index (κ1) is 42.1. The Bertz CT molecular complexity index is 3910. The molecule has 0 spiro atoms. The maximum atomic E-state index is 2.54. The standard InChI is InChI=1S/C71H51N/c1-3-20-56(21-4-1)71(57-22-5-2-6-23-57)67-30-13-11-28-64(67)70-63(29-16-31-68(70)71)50-41-43-58(44-42-50)72(59-24-15-19-53(45-59)54-39-37-51-35-33-48-17-7-9-25-60(48)65(51)46-54)69-32-14-12-27-62(69)55-40-38-52-36-34-49-18-8-10-26-61(49)66(52)47-55/h1-32,34,36-44,46-47,53H,33,35,45H2. The Kier molecular flexibility index (Phi) is 10.1. The molecule has 0 N–H and O–H groups in total. The first-order valence-corrected chi connectivity index (χ1v) is 25.5. The quantitative estimate of drug-likeness (QED) is 0.137. The van der Waals surface area contributed by atoms with Crippen molar-refractivity contribution >= 4 is 32.9 Å². The van der Waals surface area contributed by atoms with E-state index in [-0.39, 0.29) is 5.92 Å². The number of hydrogen-bond donors (Lipinski definition) is 0. The maximum absolute atomic E-state index is 2.54. The summed E-state index contributed by atoms with van der Waals surface area (Å²) >= 11 is 0. The summed E-state index contributed by atoms with van der Waals surface area (Å²) in [7, 11) is 0. The van der Waals surface area contributed by atoms with Gasteiger partial charge in [-0.2, -0.15) is 0 Å². The Morgan fingerprint density at radius 2 is 1.01 bits per heavy atom. The number of nitrogens with zero attached hydrogens (tertiary/aromatic N) is 1. The zero-order valence-corrected chi connectivity index (χ0v) is 40.0. The summed E-state index contributed by atoms with van der Waals surface area (Å²) in [5.74, 6) is 0.215. The van der Waals surface area contributed by atoms with E-state index < -0.39 is 5.41 Å². The molecule has 340 valence electrons. The van der Waals surface area contributed by atoms with Crippen molar-refractivity contribution in [1.29, 1.82) is 0 Å². The second-order valence-electron chi connectivity index (χ2n) is 19.8. The van der Waals surface area contributed by atoms with Crippen LogP contribution in [0.25, 0.3) is 66.1 Å². The summed E-state index contributed by atoms with van der Waals surface area (Å²) in [6.45, 7) is 0. The molecular formula is C71H51N. The van der Waals surface area contributed by atoms with E-state index in [4.69, 9.17) is 0 Å². The number of allylic oxidation sites excluding steroid dienone is 4. The zero-order valence-electron chi connectivity index (χ0n) is 40.0. The molecule has 1 nitrogen and oxygen atoms in total. The van der Waals surface area contributed by atoms with E-state index >= 15 is 0 Å². The van der Waals surface area contributed by atoms with Gasteiger partial charge in [-0.15, -0.1) is 0 Å². The van der Waals surface area contributed by atoms with E-state index in [0.717, 1.165) is 30.6 Å². The molecule has 3 aliphatic carbocycles. The predicted octanol–water partition coefficient (Wildman–Crippen LogP) is 18.2. The molecule has 0 bridgehead atoms. The number of rotatable bonds is 8. The Balaban J connectivity index is 0.908. The lowest BCUT2D eigenvalue weighted by molar-refractivity contribution is 0.768. The molecule has 0 heterocycles. The Morgan fingerprint density at radius 1 is 0.403 bits per heavy atom. The lowest BCUT2D eigenvalue weighted by Crippen LogP contribution is -2.28. The SMILES string of the molecule is C1=CC(c2ccc3c(c2)-c2ccccc2CC3)CC(N(c2ccc(-c3cccc4c3-c3ccccc3C4(c3ccccc3)c3ccccc3)cc2)c2ccccc2-c2ccc3ccc4ccccc4c3c2)=C1. The second kappa shape index (κ2) is 17.3. The second-order valence-corrected chi connectivity index (χ2v) is 19.8. The molecule has 0 radical (unpaired) electrons. The van der Waals surface area contributed by atoms with Crippen molar-refractivity contribution in [1.82, 2.24) is 0 Å². The van der Waals surface area contributed by atoms with Crippen LogP contribution < -0.4 is 4.90 Å². The van der Waals surface area contributed by atoms with E-state index in [0.29, 0.717) is 0 Å². The van der Waals surface area contributed by atoms with Gasteiger partial charge in [-0.05, 0) is 149 Å². The third-order valence-corrected chi connectivity index (χ3v) is 16.0. The van der Waals surface area contributed by atoms with Crippen molar-refractivity contribution in [2.45, 2.75) is 30.6 Å². The maximum Gasteiger partial charge on any atom is 0.0713 e. The minimum absolute atomic E-state index is 0.215. The molecule has 0 aliphatic heterocycles. The molecule has 3 aliphatic rings. The van der Waals surface area contributed by atoms with Gasteiger partial charge >= 0.3 is 0 Å². The van der Waals surface area contributed by atoms with Crippen LogP contribution in [0, 0.1) is 0 Å². The van der Waals surface area contributed by atoms with Crippen LogP contribution in [-0.4, -0.2) is 0 Å². The van der Waals surface area contributed by atoms with Crippen molar-refractivity contribution in [3.8, 4) is 44.5 Å². The Labute approximate surface area is 422 Å². The number of fused-ring (bicyclic) bond motifs is 9. The molecule has 1 heteroatoms. The van der Waals surface area contributed by atoms with Gasteiger partial charge in [0, 0.05) is 22.9 Å². The lowest BCUT2D eigenvalue weighted by Gasteiger charge is -2.34. The Morgan fingerprint density at radius 3 is 1.82 bits per heavy atom.